The fraction of sp³-hybridized carbons (Fsp3) is 0.235. The Morgan fingerprint density at radius 1 is 1.12 bits per heavy atom. The van der Waals surface area contributed by atoms with Gasteiger partial charge in [-0.3, -0.25) is 15.4 Å². The smallest absolute Gasteiger partial charge is 0.411 e. The van der Waals surface area contributed by atoms with E-state index >= 15 is 0 Å². The van der Waals surface area contributed by atoms with Gasteiger partial charge >= 0.3 is 6.09 Å². The number of aryl methyl sites for hydroxylation is 1. The third-order valence-electron chi connectivity index (χ3n) is 3.23. The second-order valence-corrected chi connectivity index (χ2v) is 5.06. The van der Waals surface area contributed by atoms with Crippen LogP contribution in [0.1, 0.15) is 5.56 Å². The summed E-state index contributed by atoms with van der Waals surface area (Å²) in [6, 6.07) is 11.5. The van der Waals surface area contributed by atoms with E-state index in [-0.39, 0.29) is 24.6 Å². The zero-order chi connectivity index (χ0) is 18.2. The van der Waals surface area contributed by atoms with Crippen LogP contribution in [0.3, 0.4) is 0 Å². The van der Waals surface area contributed by atoms with Gasteiger partial charge in [0.05, 0.1) is 12.0 Å². The average molecular weight is 346 g/mol. The Morgan fingerprint density at radius 3 is 2.44 bits per heavy atom. The normalized spacial score (nSPS) is 10.0. The van der Waals surface area contributed by atoms with Gasteiger partial charge in [-0.15, -0.1) is 0 Å². The van der Waals surface area contributed by atoms with E-state index in [1.165, 1.54) is 12.1 Å². The van der Waals surface area contributed by atoms with Crippen LogP contribution in [-0.2, 0) is 4.74 Å². The number of nitro benzene ring substituents is 1. The number of methoxy groups -OCH3 is 1. The molecule has 1 N–H and O–H groups in total. The lowest BCUT2D eigenvalue weighted by atomic mass is 10.2. The molecule has 2 aromatic carbocycles. The Balaban J connectivity index is 1.80. The highest BCUT2D eigenvalue weighted by Crippen LogP contribution is 2.25. The lowest BCUT2D eigenvalue weighted by molar-refractivity contribution is -0.384. The van der Waals surface area contributed by atoms with Gasteiger partial charge in [0.1, 0.15) is 30.4 Å². The first-order valence-electron chi connectivity index (χ1n) is 7.45. The molecule has 2 aromatic rings. The van der Waals surface area contributed by atoms with E-state index in [1.54, 1.807) is 44.4 Å². The monoisotopic (exact) mass is 346 g/mol. The molecular formula is C17H18N2O6. The molecule has 0 aliphatic rings. The molecule has 0 fully saturated rings. The van der Waals surface area contributed by atoms with Crippen LogP contribution in [0.5, 0.6) is 11.5 Å². The van der Waals surface area contributed by atoms with Gasteiger partial charge in [0.25, 0.3) is 5.69 Å². The lowest BCUT2D eigenvalue weighted by Gasteiger charge is -2.09. The number of nitro groups is 1. The van der Waals surface area contributed by atoms with E-state index in [4.69, 9.17) is 14.2 Å². The maximum Gasteiger partial charge on any atom is 0.411 e. The maximum absolute atomic E-state index is 11.7. The first-order valence-corrected chi connectivity index (χ1v) is 7.45. The Morgan fingerprint density at radius 2 is 1.80 bits per heavy atom. The quantitative estimate of drug-likeness (QED) is 0.467. The minimum absolute atomic E-state index is 0.00246. The summed E-state index contributed by atoms with van der Waals surface area (Å²) >= 11 is 0. The first-order chi connectivity index (χ1) is 12.0. The molecule has 132 valence electrons. The molecule has 0 aliphatic heterocycles. The van der Waals surface area contributed by atoms with Gasteiger partial charge in [-0.2, -0.15) is 0 Å². The summed E-state index contributed by atoms with van der Waals surface area (Å²) in [7, 11) is 1.57. The summed E-state index contributed by atoms with van der Waals surface area (Å²) < 4.78 is 15.4. The number of nitrogens with one attached hydrogen (secondary N) is 1. The fourth-order valence-corrected chi connectivity index (χ4v) is 2.01. The number of hydrogen-bond donors (Lipinski definition) is 1. The second-order valence-electron chi connectivity index (χ2n) is 5.06. The molecule has 0 unspecified atom stereocenters. The number of hydrogen-bond acceptors (Lipinski definition) is 6. The van der Waals surface area contributed by atoms with Gasteiger partial charge in [0.15, 0.2) is 0 Å². The third kappa shape index (κ3) is 5.38. The van der Waals surface area contributed by atoms with Crippen LogP contribution in [0, 0.1) is 17.0 Å². The molecule has 1 amide bonds. The van der Waals surface area contributed by atoms with Crippen LogP contribution >= 0.6 is 0 Å². The molecule has 0 spiro atoms. The summed E-state index contributed by atoms with van der Waals surface area (Å²) in [5.41, 5.74) is 0.613. The number of anilines is 1. The topological polar surface area (TPSA) is 99.9 Å². The van der Waals surface area contributed by atoms with Crippen LogP contribution in [0.15, 0.2) is 42.5 Å². The van der Waals surface area contributed by atoms with Crippen LogP contribution in [-0.4, -0.2) is 31.3 Å². The number of carbonyl (C=O) groups is 1. The van der Waals surface area contributed by atoms with Crippen LogP contribution in [0.4, 0.5) is 16.2 Å². The minimum Gasteiger partial charge on any atom is -0.497 e. The third-order valence-corrected chi connectivity index (χ3v) is 3.23. The van der Waals surface area contributed by atoms with Crippen LogP contribution < -0.4 is 14.8 Å². The number of amides is 1. The van der Waals surface area contributed by atoms with Crippen molar-refractivity contribution in [2.24, 2.45) is 0 Å². The van der Waals surface area contributed by atoms with Gasteiger partial charge < -0.3 is 14.2 Å². The van der Waals surface area contributed by atoms with Crippen molar-refractivity contribution in [3.8, 4) is 11.5 Å². The Hall–Kier alpha value is -3.29. The molecule has 0 aliphatic carbocycles. The van der Waals surface area contributed by atoms with Gasteiger partial charge in [-0.1, -0.05) is 6.07 Å². The highest BCUT2D eigenvalue weighted by Gasteiger charge is 2.16. The van der Waals surface area contributed by atoms with Gasteiger partial charge in [-0.05, 0) is 42.8 Å². The van der Waals surface area contributed by atoms with Crippen LogP contribution in [0.2, 0.25) is 0 Å². The first kappa shape index (κ1) is 18.1. The van der Waals surface area contributed by atoms with Crippen molar-refractivity contribution < 1.29 is 23.9 Å². The summed E-state index contributed by atoms with van der Waals surface area (Å²) in [6.45, 7) is 1.87. The molecule has 0 aromatic heterocycles. The van der Waals surface area contributed by atoms with Crippen molar-refractivity contribution in [3.63, 3.8) is 0 Å². The standard InChI is InChI=1S/C17H18N2O6/c1-12-3-8-15(16(11-12)19(21)22)18-17(20)25-10-9-24-14-6-4-13(23-2)5-7-14/h3-8,11H,9-10H2,1-2H3,(H,18,20). The zero-order valence-electron chi connectivity index (χ0n) is 13.9. The average Bonchev–Trinajstić information content (AvgIpc) is 2.60. The SMILES string of the molecule is COc1ccc(OCCOC(=O)Nc2ccc(C)cc2[N+](=O)[O-])cc1. The molecule has 0 saturated carbocycles. The highest BCUT2D eigenvalue weighted by atomic mass is 16.6. The predicted molar refractivity (Wildman–Crippen MR) is 91.3 cm³/mol. The molecule has 0 saturated heterocycles. The zero-order valence-corrected chi connectivity index (χ0v) is 13.9. The predicted octanol–water partition coefficient (Wildman–Crippen LogP) is 3.54. The Labute approximate surface area is 144 Å². The number of carbonyl (C=O) groups excluding carboxylic acids is 1. The summed E-state index contributed by atoms with van der Waals surface area (Å²) in [5.74, 6) is 1.32. The van der Waals surface area contributed by atoms with E-state index < -0.39 is 11.0 Å². The van der Waals surface area contributed by atoms with Gasteiger partial charge in [-0.25, -0.2) is 4.79 Å². The second kappa shape index (κ2) is 8.53. The Kier molecular flexibility index (Phi) is 6.16. The molecule has 25 heavy (non-hydrogen) atoms. The Bertz CT molecular complexity index is 745. The van der Waals surface area contributed by atoms with Crippen LogP contribution in [0.25, 0.3) is 0 Å². The summed E-state index contributed by atoms with van der Waals surface area (Å²) in [5, 5.41) is 13.4. The van der Waals surface area contributed by atoms with Crippen molar-refractivity contribution in [1.82, 2.24) is 0 Å². The maximum atomic E-state index is 11.7. The summed E-state index contributed by atoms with van der Waals surface area (Å²) in [6.07, 6.45) is -0.787. The number of nitrogens with zero attached hydrogens (tertiary/aromatic N) is 1. The van der Waals surface area contributed by atoms with Gasteiger partial charge in [0.2, 0.25) is 0 Å². The molecule has 0 atom stereocenters. The molecule has 0 bridgehead atoms. The molecular weight excluding hydrogens is 328 g/mol. The number of rotatable bonds is 7. The van der Waals surface area contributed by atoms with E-state index in [2.05, 4.69) is 5.32 Å². The molecule has 0 radical (unpaired) electrons. The van der Waals surface area contributed by atoms with Gasteiger partial charge in [0, 0.05) is 6.07 Å². The van der Waals surface area contributed by atoms with Crippen molar-refractivity contribution in [2.45, 2.75) is 6.92 Å². The number of ether oxygens (including phenoxy) is 3. The number of benzene rings is 2. The molecule has 8 nitrogen and oxygen atoms in total. The van der Waals surface area contributed by atoms with Crippen molar-refractivity contribution in [3.05, 3.63) is 58.1 Å². The van der Waals surface area contributed by atoms with Crippen molar-refractivity contribution in [1.29, 1.82) is 0 Å². The van der Waals surface area contributed by atoms with Crippen molar-refractivity contribution >= 4 is 17.5 Å². The van der Waals surface area contributed by atoms with E-state index in [1.807, 2.05) is 0 Å². The van der Waals surface area contributed by atoms with E-state index in [0.29, 0.717) is 11.5 Å². The van der Waals surface area contributed by atoms with E-state index in [0.717, 1.165) is 5.56 Å². The molecule has 8 heteroatoms. The minimum atomic E-state index is -0.787. The molecule has 2 rings (SSSR count). The van der Waals surface area contributed by atoms with E-state index in [9.17, 15) is 14.9 Å². The van der Waals surface area contributed by atoms with Crippen molar-refractivity contribution in [2.75, 3.05) is 25.6 Å². The largest absolute Gasteiger partial charge is 0.497 e. The highest BCUT2D eigenvalue weighted by molar-refractivity contribution is 5.87. The molecule has 0 heterocycles. The lowest BCUT2D eigenvalue weighted by Crippen LogP contribution is -2.18. The fourth-order valence-electron chi connectivity index (χ4n) is 2.01. The summed E-state index contributed by atoms with van der Waals surface area (Å²) in [4.78, 5) is 22.2.